The molecule has 0 N–H and O–H groups in total. The largest absolute Gasteiger partial charge is 0.0651 e. The van der Waals surface area contributed by atoms with E-state index in [1.165, 1.54) is 19.3 Å². The number of hydrogen-bond acceptors (Lipinski definition) is 0. The third-order valence-electron chi connectivity index (χ3n) is 5.71. The van der Waals surface area contributed by atoms with Crippen molar-refractivity contribution in [1.82, 2.24) is 0 Å². The molecule has 0 heterocycles. The summed E-state index contributed by atoms with van der Waals surface area (Å²) in [6.45, 7) is 9.69. The Bertz CT molecular complexity index is 192. The number of hydrogen-bond donors (Lipinski definition) is 0. The van der Waals surface area contributed by atoms with Crippen molar-refractivity contribution in [1.29, 1.82) is 0 Å². The van der Waals surface area contributed by atoms with Crippen LogP contribution in [0.25, 0.3) is 0 Å². The molecule has 0 bridgehead atoms. The molecule has 2 fully saturated rings. The van der Waals surface area contributed by atoms with Gasteiger partial charge in [0.1, 0.15) is 0 Å². The van der Waals surface area contributed by atoms with Gasteiger partial charge in [0.2, 0.25) is 0 Å². The SMILES string of the molecule is CCC(C)CCC1CC2C(C)C(C)C2C1. The van der Waals surface area contributed by atoms with Crippen molar-refractivity contribution in [2.24, 2.45) is 35.5 Å². The summed E-state index contributed by atoms with van der Waals surface area (Å²) in [6, 6.07) is 0. The fourth-order valence-corrected chi connectivity index (χ4v) is 4.02. The first-order chi connectivity index (χ1) is 7.13. The van der Waals surface area contributed by atoms with Gasteiger partial charge < -0.3 is 0 Å². The number of rotatable bonds is 4. The Morgan fingerprint density at radius 1 is 1.07 bits per heavy atom. The van der Waals surface area contributed by atoms with Crippen LogP contribution in [-0.4, -0.2) is 0 Å². The molecule has 0 radical (unpaired) electrons. The predicted octanol–water partition coefficient (Wildman–Crippen LogP) is 4.74. The molecule has 2 aliphatic carbocycles. The Hall–Kier alpha value is 0. The summed E-state index contributed by atoms with van der Waals surface area (Å²) in [5.41, 5.74) is 0. The third kappa shape index (κ3) is 2.10. The summed E-state index contributed by atoms with van der Waals surface area (Å²) < 4.78 is 0. The number of fused-ring (bicyclic) bond motifs is 1. The van der Waals surface area contributed by atoms with Crippen molar-refractivity contribution in [2.75, 3.05) is 0 Å². The minimum Gasteiger partial charge on any atom is -0.0651 e. The highest BCUT2D eigenvalue weighted by Gasteiger charge is 2.50. The molecule has 0 aromatic heterocycles. The molecule has 0 aromatic rings. The summed E-state index contributed by atoms with van der Waals surface area (Å²) >= 11 is 0. The highest BCUT2D eigenvalue weighted by atomic mass is 14.5. The highest BCUT2D eigenvalue weighted by Crippen LogP contribution is 2.57. The minimum atomic E-state index is 0.957. The fraction of sp³-hybridized carbons (Fsp3) is 1.00. The van der Waals surface area contributed by atoms with E-state index in [9.17, 15) is 0 Å². The van der Waals surface area contributed by atoms with Crippen LogP contribution in [0.1, 0.15) is 59.8 Å². The van der Waals surface area contributed by atoms with Crippen molar-refractivity contribution in [3.8, 4) is 0 Å². The Morgan fingerprint density at radius 3 is 2.07 bits per heavy atom. The average molecular weight is 208 g/mol. The minimum absolute atomic E-state index is 0.957. The molecule has 2 rings (SSSR count). The first-order valence-corrected chi connectivity index (χ1v) is 7.13. The lowest BCUT2D eigenvalue weighted by Gasteiger charge is -2.45. The van der Waals surface area contributed by atoms with E-state index in [-0.39, 0.29) is 0 Å². The molecule has 5 atom stereocenters. The molecule has 0 nitrogen and oxygen atoms in total. The van der Waals surface area contributed by atoms with Gasteiger partial charge in [-0.05, 0) is 48.3 Å². The van der Waals surface area contributed by atoms with Crippen LogP contribution in [0.3, 0.4) is 0 Å². The topological polar surface area (TPSA) is 0 Å². The van der Waals surface area contributed by atoms with E-state index in [1.807, 2.05) is 0 Å². The van der Waals surface area contributed by atoms with Crippen LogP contribution >= 0.6 is 0 Å². The van der Waals surface area contributed by atoms with Gasteiger partial charge in [0.05, 0.1) is 0 Å². The molecule has 2 saturated carbocycles. The van der Waals surface area contributed by atoms with Crippen LogP contribution in [0.5, 0.6) is 0 Å². The molecular formula is C15H28. The van der Waals surface area contributed by atoms with Gasteiger partial charge in [-0.25, -0.2) is 0 Å². The molecule has 0 aliphatic heterocycles. The van der Waals surface area contributed by atoms with E-state index < -0.39 is 0 Å². The molecular weight excluding hydrogens is 180 g/mol. The molecule has 88 valence electrons. The lowest BCUT2D eigenvalue weighted by Crippen LogP contribution is -2.39. The van der Waals surface area contributed by atoms with Crippen molar-refractivity contribution in [2.45, 2.75) is 59.8 Å². The highest BCUT2D eigenvalue weighted by molar-refractivity contribution is 4.99. The third-order valence-corrected chi connectivity index (χ3v) is 5.71. The Labute approximate surface area is 95.8 Å². The standard InChI is InChI=1S/C15H28/c1-5-10(2)6-7-13-8-14-11(3)12(4)15(14)9-13/h10-15H,5-9H2,1-4H3. The normalized spacial score (nSPS) is 46.0. The van der Waals surface area contributed by atoms with E-state index in [1.54, 1.807) is 12.8 Å². The van der Waals surface area contributed by atoms with Crippen molar-refractivity contribution in [3.63, 3.8) is 0 Å². The molecule has 0 amide bonds. The Morgan fingerprint density at radius 2 is 1.60 bits per heavy atom. The van der Waals surface area contributed by atoms with Crippen LogP contribution in [0.15, 0.2) is 0 Å². The lowest BCUT2D eigenvalue weighted by atomic mass is 9.60. The van der Waals surface area contributed by atoms with Gasteiger partial charge in [0, 0.05) is 0 Å². The van der Waals surface area contributed by atoms with Crippen LogP contribution in [0.4, 0.5) is 0 Å². The molecule has 0 heteroatoms. The maximum atomic E-state index is 2.48. The van der Waals surface area contributed by atoms with E-state index in [0.717, 1.165) is 35.5 Å². The summed E-state index contributed by atoms with van der Waals surface area (Å²) in [5, 5.41) is 0. The first-order valence-electron chi connectivity index (χ1n) is 7.13. The Balaban J connectivity index is 1.74. The molecule has 15 heavy (non-hydrogen) atoms. The zero-order valence-electron chi connectivity index (χ0n) is 11.0. The first kappa shape index (κ1) is 11.5. The van der Waals surface area contributed by atoms with Crippen LogP contribution < -0.4 is 0 Å². The molecule has 0 aromatic carbocycles. The summed E-state index contributed by atoms with van der Waals surface area (Å²) in [4.78, 5) is 0. The average Bonchev–Trinajstić information content (AvgIpc) is 2.65. The zero-order chi connectivity index (χ0) is 11.0. The smallest absolute Gasteiger partial charge is 0.0352 e. The fourth-order valence-electron chi connectivity index (χ4n) is 4.02. The monoisotopic (exact) mass is 208 g/mol. The summed E-state index contributed by atoms with van der Waals surface area (Å²) in [6.07, 6.45) is 7.48. The Kier molecular flexibility index (Phi) is 3.42. The van der Waals surface area contributed by atoms with Gasteiger partial charge in [-0.15, -0.1) is 0 Å². The maximum Gasteiger partial charge on any atom is -0.0352 e. The second-order valence-corrected chi connectivity index (χ2v) is 6.47. The lowest BCUT2D eigenvalue weighted by molar-refractivity contribution is 0.0302. The van der Waals surface area contributed by atoms with Gasteiger partial charge in [-0.1, -0.05) is 47.0 Å². The van der Waals surface area contributed by atoms with Crippen LogP contribution in [-0.2, 0) is 0 Å². The van der Waals surface area contributed by atoms with Gasteiger partial charge in [-0.2, -0.15) is 0 Å². The van der Waals surface area contributed by atoms with Crippen LogP contribution in [0, 0.1) is 35.5 Å². The molecule has 0 spiro atoms. The quantitative estimate of drug-likeness (QED) is 0.626. The summed E-state index contributed by atoms with van der Waals surface area (Å²) in [5.74, 6) is 6.33. The van der Waals surface area contributed by atoms with Gasteiger partial charge in [0.15, 0.2) is 0 Å². The van der Waals surface area contributed by atoms with Crippen molar-refractivity contribution < 1.29 is 0 Å². The molecule has 5 unspecified atom stereocenters. The predicted molar refractivity (Wildman–Crippen MR) is 66.7 cm³/mol. The van der Waals surface area contributed by atoms with Crippen molar-refractivity contribution >= 4 is 0 Å². The second-order valence-electron chi connectivity index (χ2n) is 6.47. The second kappa shape index (κ2) is 4.47. The van der Waals surface area contributed by atoms with Gasteiger partial charge >= 0.3 is 0 Å². The zero-order valence-corrected chi connectivity index (χ0v) is 11.0. The van der Waals surface area contributed by atoms with E-state index in [4.69, 9.17) is 0 Å². The molecule has 2 aliphatic rings. The van der Waals surface area contributed by atoms with E-state index in [2.05, 4.69) is 27.7 Å². The summed E-state index contributed by atoms with van der Waals surface area (Å²) in [7, 11) is 0. The van der Waals surface area contributed by atoms with Gasteiger partial charge in [0.25, 0.3) is 0 Å². The maximum absolute atomic E-state index is 2.48. The van der Waals surface area contributed by atoms with Crippen LogP contribution in [0.2, 0.25) is 0 Å². The van der Waals surface area contributed by atoms with Gasteiger partial charge in [-0.3, -0.25) is 0 Å². The molecule has 0 saturated heterocycles. The van der Waals surface area contributed by atoms with E-state index in [0.29, 0.717) is 0 Å². The van der Waals surface area contributed by atoms with Crippen molar-refractivity contribution in [3.05, 3.63) is 0 Å². The van der Waals surface area contributed by atoms with E-state index >= 15 is 0 Å².